The van der Waals surface area contributed by atoms with Gasteiger partial charge in [0.1, 0.15) is 11.5 Å². The Labute approximate surface area is 101 Å². The standard InChI is InChI=1S/C13H17NO3/c1-9(2)17-12-6-4-5-11(8-12)14-13(16)7-10(3)15/h4-6,8-9H,7H2,1-3H3,(H,14,16). The fourth-order valence-electron chi connectivity index (χ4n) is 1.35. The quantitative estimate of drug-likeness (QED) is 0.797. The fourth-order valence-corrected chi connectivity index (χ4v) is 1.35. The molecule has 0 aliphatic carbocycles. The van der Waals surface area contributed by atoms with Gasteiger partial charge in [-0.3, -0.25) is 9.59 Å². The van der Waals surface area contributed by atoms with Crippen molar-refractivity contribution in [1.82, 2.24) is 0 Å². The average Bonchev–Trinajstić information content (AvgIpc) is 2.14. The summed E-state index contributed by atoms with van der Waals surface area (Å²) in [4.78, 5) is 22.2. The molecule has 0 saturated carbocycles. The van der Waals surface area contributed by atoms with Gasteiger partial charge in [-0.05, 0) is 32.9 Å². The molecule has 17 heavy (non-hydrogen) atoms. The second kappa shape index (κ2) is 6.03. The molecule has 0 atom stereocenters. The lowest BCUT2D eigenvalue weighted by molar-refractivity contribution is -0.124. The van der Waals surface area contributed by atoms with Gasteiger partial charge in [0.15, 0.2) is 0 Å². The van der Waals surface area contributed by atoms with E-state index >= 15 is 0 Å². The zero-order chi connectivity index (χ0) is 12.8. The van der Waals surface area contributed by atoms with E-state index in [1.165, 1.54) is 6.92 Å². The van der Waals surface area contributed by atoms with E-state index in [1.807, 2.05) is 19.9 Å². The Bertz CT molecular complexity index is 413. The number of amides is 1. The molecule has 0 heterocycles. The molecule has 1 amide bonds. The average molecular weight is 235 g/mol. The van der Waals surface area contributed by atoms with Crippen LogP contribution in [0.5, 0.6) is 5.75 Å². The Hall–Kier alpha value is -1.84. The molecule has 0 bridgehead atoms. The summed E-state index contributed by atoms with van der Waals surface area (Å²) in [6, 6.07) is 7.10. The van der Waals surface area contributed by atoms with Gasteiger partial charge in [0, 0.05) is 11.8 Å². The minimum absolute atomic E-state index is 0.0816. The predicted molar refractivity (Wildman–Crippen MR) is 66.1 cm³/mol. The third-order valence-corrected chi connectivity index (χ3v) is 1.90. The van der Waals surface area contributed by atoms with Crippen molar-refractivity contribution >= 4 is 17.4 Å². The second-order valence-electron chi connectivity index (χ2n) is 4.12. The van der Waals surface area contributed by atoms with Gasteiger partial charge < -0.3 is 10.1 Å². The summed E-state index contributed by atoms with van der Waals surface area (Å²) in [5, 5.41) is 2.65. The number of benzene rings is 1. The van der Waals surface area contributed by atoms with Gasteiger partial charge in [-0.2, -0.15) is 0 Å². The number of hydrogen-bond acceptors (Lipinski definition) is 3. The Morgan fingerprint density at radius 3 is 2.65 bits per heavy atom. The van der Waals surface area contributed by atoms with Crippen LogP contribution in [0.15, 0.2) is 24.3 Å². The normalized spacial score (nSPS) is 10.1. The van der Waals surface area contributed by atoms with E-state index in [0.717, 1.165) is 0 Å². The minimum atomic E-state index is -0.306. The number of carbonyl (C=O) groups is 2. The molecular formula is C13H17NO3. The van der Waals surface area contributed by atoms with Crippen molar-refractivity contribution in [2.75, 3.05) is 5.32 Å². The molecule has 1 rings (SSSR count). The Morgan fingerprint density at radius 2 is 2.06 bits per heavy atom. The number of anilines is 1. The SMILES string of the molecule is CC(=O)CC(=O)Nc1cccc(OC(C)C)c1. The van der Waals surface area contributed by atoms with Crippen LogP contribution in [0.2, 0.25) is 0 Å². The van der Waals surface area contributed by atoms with E-state index in [9.17, 15) is 9.59 Å². The molecule has 0 spiro atoms. The van der Waals surface area contributed by atoms with Gasteiger partial charge in [0.05, 0.1) is 12.5 Å². The first-order valence-electron chi connectivity index (χ1n) is 5.53. The van der Waals surface area contributed by atoms with Crippen molar-refractivity contribution < 1.29 is 14.3 Å². The Balaban J connectivity index is 2.65. The van der Waals surface area contributed by atoms with Gasteiger partial charge in [-0.25, -0.2) is 0 Å². The Kier molecular flexibility index (Phi) is 4.69. The maximum Gasteiger partial charge on any atom is 0.231 e. The van der Waals surface area contributed by atoms with Crippen LogP contribution in [0, 0.1) is 0 Å². The van der Waals surface area contributed by atoms with E-state index in [2.05, 4.69) is 5.32 Å². The van der Waals surface area contributed by atoms with Crippen LogP contribution >= 0.6 is 0 Å². The minimum Gasteiger partial charge on any atom is -0.491 e. The highest BCUT2D eigenvalue weighted by atomic mass is 16.5. The number of ketones is 1. The van der Waals surface area contributed by atoms with E-state index in [4.69, 9.17) is 4.74 Å². The number of rotatable bonds is 5. The van der Waals surface area contributed by atoms with E-state index in [-0.39, 0.29) is 24.2 Å². The van der Waals surface area contributed by atoms with Crippen LogP contribution in [-0.4, -0.2) is 17.8 Å². The molecular weight excluding hydrogens is 218 g/mol. The fraction of sp³-hybridized carbons (Fsp3) is 0.385. The summed E-state index contributed by atoms with van der Waals surface area (Å²) in [5.41, 5.74) is 0.634. The lowest BCUT2D eigenvalue weighted by Gasteiger charge is -2.11. The number of carbonyl (C=O) groups excluding carboxylic acids is 2. The van der Waals surface area contributed by atoms with E-state index < -0.39 is 0 Å². The van der Waals surface area contributed by atoms with Crippen LogP contribution in [0.25, 0.3) is 0 Å². The molecule has 92 valence electrons. The first-order chi connectivity index (χ1) is 7.97. The Morgan fingerprint density at radius 1 is 1.35 bits per heavy atom. The summed E-state index contributed by atoms with van der Waals surface area (Å²) < 4.78 is 5.50. The molecule has 0 fully saturated rings. The van der Waals surface area contributed by atoms with Gasteiger partial charge in [-0.1, -0.05) is 6.07 Å². The van der Waals surface area contributed by atoms with Crippen molar-refractivity contribution in [3.05, 3.63) is 24.3 Å². The lowest BCUT2D eigenvalue weighted by Crippen LogP contribution is -2.14. The molecule has 0 aliphatic rings. The van der Waals surface area contributed by atoms with E-state index in [1.54, 1.807) is 18.2 Å². The molecule has 0 unspecified atom stereocenters. The monoisotopic (exact) mass is 235 g/mol. The van der Waals surface area contributed by atoms with Crippen molar-refractivity contribution in [3.8, 4) is 5.75 Å². The summed E-state index contributed by atoms with van der Waals surface area (Å²) in [5.74, 6) is 0.233. The number of nitrogens with one attached hydrogen (secondary N) is 1. The van der Waals surface area contributed by atoms with Crippen molar-refractivity contribution in [2.45, 2.75) is 33.3 Å². The van der Waals surface area contributed by atoms with Gasteiger partial charge in [0.2, 0.25) is 5.91 Å². The zero-order valence-corrected chi connectivity index (χ0v) is 10.3. The molecule has 0 saturated heterocycles. The molecule has 1 aromatic rings. The van der Waals surface area contributed by atoms with Crippen molar-refractivity contribution in [2.24, 2.45) is 0 Å². The number of Topliss-reactive ketones (excluding diaryl/α,β-unsaturated/α-hetero) is 1. The van der Waals surface area contributed by atoms with Gasteiger partial charge >= 0.3 is 0 Å². The summed E-state index contributed by atoms with van der Waals surface area (Å²) in [6.45, 7) is 5.25. The molecule has 4 heteroatoms. The number of ether oxygens (including phenoxy) is 1. The van der Waals surface area contributed by atoms with Crippen LogP contribution in [0.1, 0.15) is 27.2 Å². The highest BCUT2D eigenvalue weighted by Gasteiger charge is 2.06. The first kappa shape index (κ1) is 13.2. The van der Waals surface area contributed by atoms with Gasteiger partial charge in [0.25, 0.3) is 0 Å². The second-order valence-corrected chi connectivity index (χ2v) is 4.12. The van der Waals surface area contributed by atoms with Crippen LogP contribution in [0.3, 0.4) is 0 Å². The largest absolute Gasteiger partial charge is 0.491 e. The molecule has 4 nitrogen and oxygen atoms in total. The molecule has 0 aromatic heterocycles. The first-order valence-corrected chi connectivity index (χ1v) is 5.53. The highest BCUT2D eigenvalue weighted by molar-refractivity contribution is 6.03. The summed E-state index contributed by atoms with van der Waals surface area (Å²) >= 11 is 0. The topological polar surface area (TPSA) is 55.4 Å². The zero-order valence-electron chi connectivity index (χ0n) is 10.3. The highest BCUT2D eigenvalue weighted by Crippen LogP contribution is 2.18. The lowest BCUT2D eigenvalue weighted by atomic mass is 10.2. The van der Waals surface area contributed by atoms with Crippen molar-refractivity contribution in [3.63, 3.8) is 0 Å². The van der Waals surface area contributed by atoms with Crippen LogP contribution in [0.4, 0.5) is 5.69 Å². The third kappa shape index (κ3) is 5.15. The predicted octanol–water partition coefficient (Wildman–Crippen LogP) is 2.39. The smallest absolute Gasteiger partial charge is 0.231 e. The molecule has 0 aliphatic heterocycles. The van der Waals surface area contributed by atoms with Crippen LogP contribution < -0.4 is 10.1 Å². The van der Waals surface area contributed by atoms with E-state index in [0.29, 0.717) is 11.4 Å². The molecule has 0 radical (unpaired) electrons. The maximum absolute atomic E-state index is 11.4. The van der Waals surface area contributed by atoms with Crippen molar-refractivity contribution in [1.29, 1.82) is 0 Å². The maximum atomic E-state index is 11.4. The number of hydrogen-bond donors (Lipinski definition) is 1. The third-order valence-electron chi connectivity index (χ3n) is 1.90. The molecule has 1 N–H and O–H groups in total. The molecule has 1 aromatic carbocycles. The van der Waals surface area contributed by atoms with Gasteiger partial charge in [-0.15, -0.1) is 0 Å². The van der Waals surface area contributed by atoms with Crippen LogP contribution in [-0.2, 0) is 9.59 Å². The summed E-state index contributed by atoms with van der Waals surface area (Å²) in [6.07, 6.45) is -0.0203. The summed E-state index contributed by atoms with van der Waals surface area (Å²) in [7, 11) is 0.